The number of aromatic nitrogens is 3. The van der Waals surface area contributed by atoms with Crippen molar-refractivity contribution in [3.63, 3.8) is 0 Å². The summed E-state index contributed by atoms with van der Waals surface area (Å²) in [5, 5.41) is 5.41. The van der Waals surface area contributed by atoms with Gasteiger partial charge in [-0.2, -0.15) is 5.10 Å². The standard InChI is InChI=1S/C18H19N3O2/c1-11-16(18(22)23-3)15-6-4-5-14(17(15)20(11)2)12-9-19-21(10-12)13-7-8-13/h4-6,9-10,13H,7-8H2,1-3H3. The molecule has 2 heterocycles. The number of methoxy groups -OCH3 is 1. The van der Waals surface area contributed by atoms with Crippen LogP contribution in [0.3, 0.4) is 0 Å². The summed E-state index contributed by atoms with van der Waals surface area (Å²) in [6.07, 6.45) is 6.43. The lowest BCUT2D eigenvalue weighted by molar-refractivity contribution is 0.0602. The van der Waals surface area contributed by atoms with Crippen LogP contribution in [0.5, 0.6) is 0 Å². The van der Waals surface area contributed by atoms with E-state index in [9.17, 15) is 4.79 Å². The second-order valence-corrected chi connectivity index (χ2v) is 6.15. The Morgan fingerprint density at radius 1 is 1.35 bits per heavy atom. The highest BCUT2D eigenvalue weighted by Gasteiger charge is 2.25. The lowest BCUT2D eigenvalue weighted by Crippen LogP contribution is -2.03. The summed E-state index contributed by atoms with van der Waals surface area (Å²) in [5.74, 6) is -0.293. The molecule has 0 bridgehead atoms. The van der Waals surface area contributed by atoms with E-state index in [1.165, 1.54) is 20.0 Å². The molecule has 0 radical (unpaired) electrons. The minimum atomic E-state index is -0.293. The van der Waals surface area contributed by atoms with E-state index in [2.05, 4.69) is 21.9 Å². The zero-order chi connectivity index (χ0) is 16.1. The monoisotopic (exact) mass is 309 g/mol. The Balaban J connectivity index is 1.95. The summed E-state index contributed by atoms with van der Waals surface area (Å²) in [7, 11) is 3.41. The van der Waals surface area contributed by atoms with E-state index in [0.29, 0.717) is 11.6 Å². The fraction of sp³-hybridized carbons (Fsp3) is 0.333. The summed E-state index contributed by atoms with van der Waals surface area (Å²) in [6.45, 7) is 1.95. The minimum absolute atomic E-state index is 0.293. The first-order valence-electron chi connectivity index (χ1n) is 7.82. The molecule has 1 fully saturated rings. The third-order valence-electron chi connectivity index (χ3n) is 4.73. The van der Waals surface area contributed by atoms with Gasteiger partial charge in [0.15, 0.2) is 0 Å². The van der Waals surface area contributed by atoms with Gasteiger partial charge < -0.3 is 9.30 Å². The number of hydrogen-bond acceptors (Lipinski definition) is 3. The second-order valence-electron chi connectivity index (χ2n) is 6.15. The summed E-state index contributed by atoms with van der Waals surface area (Å²) in [6, 6.07) is 6.60. The van der Waals surface area contributed by atoms with Gasteiger partial charge >= 0.3 is 5.97 Å². The predicted octanol–water partition coefficient (Wildman–Crippen LogP) is 3.47. The van der Waals surface area contributed by atoms with Crippen molar-refractivity contribution in [2.24, 2.45) is 7.05 Å². The van der Waals surface area contributed by atoms with Crippen molar-refractivity contribution in [1.29, 1.82) is 0 Å². The van der Waals surface area contributed by atoms with Crippen molar-refractivity contribution < 1.29 is 9.53 Å². The number of rotatable bonds is 3. The minimum Gasteiger partial charge on any atom is -0.465 e. The van der Waals surface area contributed by atoms with E-state index in [1.807, 2.05) is 37.0 Å². The quantitative estimate of drug-likeness (QED) is 0.696. The van der Waals surface area contributed by atoms with Gasteiger partial charge in [-0.1, -0.05) is 18.2 Å². The van der Waals surface area contributed by atoms with Gasteiger partial charge in [0.25, 0.3) is 0 Å². The van der Waals surface area contributed by atoms with Gasteiger partial charge in [0.1, 0.15) is 0 Å². The number of fused-ring (bicyclic) bond motifs is 1. The Bertz CT molecular complexity index is 916. The van der Waals surface area contributed by atoms with Crippen molar-refractivity contribution >= 4 is 16.9 Å². The van der Waals surface area contributed by atoms with Crippen LogP contribution in [0.4, 0.5) is 0 Å². The highest BCUT2D eigenvalue weighted by molar-refractivity contribution is 6.09. The number of carbonyl (C=O) groups excluding carboxylic acids is 1. The number of ether oxygens (including phenoxy) is 1. The highest BCUT2D eigenvalue weighted by Crippen LogP contribution is 2.37. The molecule has 0 amide bonds. The molecule has 1 aromatic carbocycles. The van der Waals surface area contributed by atoms with Gasteiger partial charge in [-0.15, -0.1) is 0 Å². The second kappa shape index (κ2) is 4.98. The lowest BCUT2D eigenvalue weighted by Gasteiger charge is -2.05. The van der Waals surface area contributed by atoms with Gasteiger partial charge in [-0.25, -0.2) is 4.79 Å². The highest BCUT2D eigenvalue weighted by atomic mass is 16.5. The van der Waals surface area contributed by atoms with E-state index in [0.717, 1.165) is 27.7 Å². The molecule has 5 nitrogen and oxygen atoms in total. The van der Waals surface area contributed by atoms with Crippen LogP contribution in [-0.2, 0) is 11.8 Å². The van der Waals surface area contributed by atoms with E-state index in [4.69, 9.17) is 4.74 Å². The predicted molar refractivity (Wildman–Crippen MR) is 88.5 cm³/mol. The molecule has 0 unspecified atom stereocenters. The van der Waals surface area contributed by atoms with Gasteiger partial charge in [-0.05, 0) is 19.8 Å². The third kappa shape index (κ3) is 2.07. The lowest BCUT2D eigenvalue weighted by atomic mass is 10.0. The Morgan fingerprint density at radius 2 is 2.13 bits per heavy atom. The van der Waals surface area contributed by atoms with Crippen molar-refractivity contribution in [2.45, 2.75) is 25.8 Å². The topological polar surface area (TPSA) is 49.1 Å². The Labute approximate surface area is 134 Å². The number of para-hydroxylation sites is 1. The smallest absolute Gasteiger partial charge is 0.340 e. The molecule has 4 rings (SSSR count). The molecule has 1 aliphatic rings. The molecule has 0 N–H and O–H groups in total. The molecular weight excluding hydrogens is 290 g/mol. The van der Waals surface area contributed by atoms with Crippen molar-refractivity contribution in [1.82, 2.24) is 14.3 Å². The summed E-state index contributed by atoms with van der Waals surface area (Å²) < 4.78 is 9.07. The fourth-order valence-electron chi connectivity index (χ4n) is 3.25. The number of aryl methyl sites for hydroxylation is 1. The number of esters is 1. The molecular formula is C18H19N3O2. The van der Waals surface area contributed by atoms with Crippen LogP contribution in [-0.4, -0.2) is 27.4 Å². The maximum absolute atomic E-state index is 12.2. The molecule has 2 aromatic heterocycles. The molecule has 0 spiro atoms. The SMILES string of the molecule is COC(=O)c1c(C)n(C)c2c(-c3cnn(C4CC4)c3)cccc12. The Morgan fingerprint density at radius 3 is 2.83 bits per heavy atom. The first kappa shape index (κ1) is 14.1. The number of nitrogens with zero attached hydrogens (tertiary/aromatic N) is 3. The summed E-state index contributed by atoms with van der Waals surface area (Å²) >= 11 is 0. The zero-order valence-electron chi connectivity index (χ0n) is 13.5. The Kier molecular flexibility index (Phi) is 3.04. The number of benzene rings is 1. The van der Waals surface area contributed by atoms with E-state index in [1.54, 1.807) is 0 Å². The third-order valence-corrected chi connectivity index (χ3v) is 4.73. The number of hydrogen-bond donors (Lipinski definition) is 0. The van der Waals surface area contributed by atoms with Crippen LogP contribution < -0.4 is 0 Å². The van der Waals surface area contributed by atoms with Crippen LogP contribution in [0.15, 0.2) is 30.6 Å². The first-order valence-corrected chi connectivity index (χ1v) is 7.82. The maximum atomic E-state index is 12.2. The largest absolute Gasteiger partial charge is 0.465 e. The summed E-state index contributed by atoms with van der Waals surface area (Å²) in [4.78, 5) is 12.2. The van der Waals surface area contributed by atoms with Crippen LogP contribution in [0.2, 0.25) is 0 Å². The van der Waals surface area contributed by atoms with Gasteiger partial charge in [0.05, 0.1) is 30.4 Å². The molecule has 3 aromatic rings. The zero-order valence-corrected chi connectivity index (χ0v) is 13.5. The van der Waals surface area contributed by atoms with E-state index in [-0.39, 0.29) is 5.97 Å². The maximum Gasteiger partial charge on any atom is 0.340 e. The van der Waals surface area contributed by atoms with Crippen LogP contribution in [0, 0.1) is 6.92 Å². The molecule has 0 atom stereocenters. The molecule has 5 heteroatoms. The van der Waals surface area contributed by atoms with E-state index < -0.39 is 0 Å². The molecule has 0 saturated heterocycles. The Hall–Kier alpha value is -2.56. The molecule has 23 heavy (non-hydrogen) atoms. The molecule has 1 aliphatic carbocycles. The molecule has 0 aliphatic heterocycles. The van der Waals surface area contributed by atoms with E-state index >= 15 is 0 Å². The van der Waals surface area contributed by atoms with Crippen LogP contribution in [0.25, 0.3) is 22.0 Å². The normalized spacial score (nSPS) is 14.4. The average Bonchev–Trinajstić information content (AvgIpc) is 3.24. The fourth-order valence-corrected chi connectivity index (χ4v) is 3.25. The van der Waals surface area contributed by atoms with Crippen molar-refractivity contribution in [3.8, 4) is 11.1 Å². The first-order chi connectivity index (χ1) is 11.1. The van der Waals surface area contributed by atoms with Gasteiger partial charge in [0.2, 0.25) is 0 Å². The van der Waals surface area contributed by atoms with Crippen molar-refractivity contribution in [2.75, 3.05) is 7.11 Å². The molecule has 1 saturated carbocycles. The average molecular weight is 309 g/mol. The van der Waals surface area contributed by atoms with Gasteiger partial charge in [0, 0.05) is 35.5 Å². The van der Waals surface area contributed by atoms with Gasteiger partial charge in [-0.3, -0.25) is 4.68 Å². The van der Waals surface area contributed by atoms with Crippen LogP contribution in [0.1, 0.15) is 34.9 Å². The molecule has 118 valence electrons. The summed E-state index contributed by atoms with van der Waals surface area (Å²) in [5.41, 5.74) is 4.77. The van der Waals surface area contributed by atoms with Crippen molar-refractivity contribution in [3.05, 3.63) is 41.9 Å². The van der Waals surface area contributed by atoms with Crippen LogP contribution >= 0.6 is 0 Å². The number of carbonyl (C=O) groups is 1.